The van der Waals surface area contributed by atoms with E-state index in [9.17, 15) is 59.6 Å². The number of carbonyl (C=O) groups excluding carboxylic acids is 1. The Kier molecular flexibility index (Phi) is 10.2. The molecule has 0 radical (unpaired) electrons. The maximum absolute atomic E-state index is 12.8. The van der Waals surface area contributed by atoms with E-state index < -0.39 is 106 Å². The van der Waals surface area contributed by atoms with E-state index in [1.807, 2.05) is 0 Å². The number of hydrogen-bond acceptors (Lipinski definition) is 16. The van der Waals surface area contributed by atoms with Crippen LogP contribution in [-0.2, 0) is 32.7 Å². The number of phosphoric acid groups is 1. The van der Waals surface area contributed by atoms with Crippen LogP contribution in [0.2, 0.25) is 0 Å². The third kappa shape index (κ3) is 7.25. The summed E-state index contributed by atoms with van der Waals surface area (Å²) in [5.74, 6) is -6.20. The molecule has 20 nitrogen and oxygen atoms in total. The number of aliphatic hydroxyl groups excluding tert-OH is 6. The predicted molar refractivity (Wildman–Crippen MR) is 128 cm³/mol. The fourth-order valence-electron chi connectivity index (χ4n) is 4.32. The molecular formula is C20H31N4O16P. The van der Waals surface area contributed by atoms with Crippen LogP contribution in [0.4, 0.5) is 5.82 Å². The van der Waals surface area contributed by atoms with Crippen molar-refractivity contribution < 1.29 is 73.3 Å². The van der Waals surface area contributed by atoms with Crippen molar-refractivity contribution >= 4 is 25.5 Å². The lowest BCUT2D eigenvalue weighted by Crippen LogP contribution is -2.67. The molecule has 2 aliphatic rings. The molecule has 1 aromatic heterocycles. The van der Waals surface area contributed by atoms with Gasteiger partial charge in [0.1, 0.15) is 42.4 Å². The lowest BCUT2D eigenvalue weighted by Gasteiger charge is -2.46. The number of aliphatic hydroxyl groups is 6. The normalized spacial score (nSPS) is 34.9. The topological polar surface area (TPSA) is 323 Å². The highest BCUT2D eigenvalue weighted by atomic mass is 31.2. The zero-order valence-corrected chi connectivity index (χ0v) is 22.1. The molecule has 3 heterocycles. The van der Waals surface area contributed by atoms with Gasteiger partial charge in [0.25, 0.3) is 5.79 Å². The summed E-state index contributed by atoms with van der Waals surface area (Å²) < 4.78 is 33.7. The van der Waals surface area contributed by atoms with Crippen LogP contribution in [0.3, 0.4) is 0 Å². The van der Waals surface area contributed by atoms with Crippen LogP contribution in [0.1, 0.15) is 19.6 Å². The highest BCUT2D eigenvalue weighted by Crippen LogP contribution is 2.51. The third-order valence-corrected chi connectivity index (χ3v) is 7.32. The van der Waals surface area contributed by atoms with Crippen LogP contribution in [0.25, 0.3) is 0 Å². The van der Waals surface area contributed by atoms with Gasteiger partial charge in [-0.1, -0.05) is 0 Å². The van der Waals surface area contributed by atoms with Gasteiger partial charge in [0.15, 0.2) is 6.23 Å². The fourth-order valence-corrected chi connectivity index (χ4v) is 5.27. The number of amides is 1. The molecule has 2 fully saturated rings. The first kappa shape index (κ1) is 32.9. The average Bonchev–Trinajstić information content (AvgIpc) is 3.16. The standard InChI is InChI=1S/C20H31N4O16P/c1-7(26)22-12-8(27)4-20(18(32)33,39-16(12)13(29)9(28)5-25)40-41(35,36)37-6-10-14(30)15(31)17(38-10)24-3-2-11(21)23-19(24)34/h2-3,8-10,12-17,25,27-31H,4-6H2,1H3,(H,22,26)(H,32,33)(H,35,36)(H2,21,23,34)/t8?,9-,10?,12?,13-,14?,15?,16?,17?,20?/m1/s1. The maximum atomic E-state index is 12.8. The SMILES string of the molecule is CC(=O)NC1C(O)CC(OP(=O)(O)OCC2OC(n3ccc(N)nc3=O)C(O)C2O)(C(=O)O)OC1[C@H](O)[C@H](O)CO. The van der Waals surface area contributed by atoms with Gasteiger partial charge in [-0.3, -0.25) is 13.9 Å². The van der Waals surface area contributed by atoms with Crippen molar-refractivity contribution in [3.63, 3.8) is 0 Å². The summed E-state index contributed by atoms with van der Waals surface area (Å²) in [5, 5.41) is 72.7. The van der Waals surface area contributed by atoms with Crippen LogP contribution >= 0.6 is 7.82 Å². The molecule has 41 heavy (non-hydrogen) atoms. The second-order valence-corrected chi connectivity index (χ2v) is 10.7. The zero-order chi connectivity index (χ0) is 30.9. The number of rotatable bonds is 11. The number of anilines is 1. The molecule has 9 unspecified atom stereocenters. The number of nitrogens with two attached hydrogens (primary N) is 1. The Morgan fingerprint density at radius 2 is 1.98 bits per heavy atom. The number of carboxylic acids is 1. The van der Waals surface area contributed by atoms with Gasteiger partial charge in [-0.25, -0.2) is 18.7 Å². The molecule has 232 valence electrons. The molecule has 0 aliphatic carbocycles. The average molecular weight is 614 g/mol. The second kappa shape index (κ2) is 12.7. The highest BCUT2D eigenvalue weighted by Gasteiger charge is 2.59. The summed E-state index contributed by atoms with van der Waals surface area (Å²) in [7, 11) is -5.52. The van der Waals surface area contributed by atoms with Crippen LogP contribution in [0, 0.1) is 0 Å². The van der Waals surface area contributed by atoms with E-state index in [0.717, 1.165) is 17.7 Å². The van der Waals surface area contributed by atoms with Crippen molar-refractivity contribution in [2.45, 2.75) is 74.1 Å². The second-order valence-electron chi connectivity index (χ2n) is 9.32. The van der Waals surface area contributed by atoms with Gasteiger partial charge in [-0.05, 0) is 6.07 Å². The molecule has 0 bridgehead atoms. The van der Waals surface area contributed by atoms with Gasteiger partial charge in [-0.2, -0.15) is 4.98 Å². The first-order chi connectivity index (χ1) is 19.0. The Morgan fingerprint density at radius 1 is 1.32 bits per heavy atom. The number of ether oxygens (including phenoxy) is 2. The summed E-state index contributed by atoms with van der Waals surface area (Å²) in [4.78, 5) is 49.6. The zero-order valence-electron chi connectivity index (χ0n) is 21.2. The van der Waals surface area contributed by atoms with E-state index in [-0.39, 0.29) is 5.82 Å². The van der Waals surface area contributed by atoms with Gasteiger partial charge in [0.05, 0.1) is 25.4 Å². The number of nitrogens with zero attached hydrogens (tertiary/aromatic N) is 2. The number of carbonyl (C=O) groups is 2. The largest absolute Gasteiger partial charge is 0.477 e. The Hall–Kier alpha value is -2.59. The molecule has 3 rings (SSSR count). The molecule has 0 aromatic carbocycles. The molecular weight excluding hydrogens is 583 g/mol. The van der Waals surface area contributed by atoms with Crippen LogP contribution in [0.5, 0.6) is 0 Å². The predicted octanol–water partition coefficient (Wildman–Crippen LogP) is -5.27. The minimum atomic E-state index is -5.52. The first-order valence-electron chi connectivity index (χ1n) is 11.9. The number of nitrogens with one attached hydrogen (secondary N) is 1. The first-order valence-corrected chi connectivity index (χ1v) is 13.4. The van der Waals surface area contributed by atoms with E-state index in [0.29, 0.717) is 0 Å². The van der Waals surface area contributed by atoms with Crippen molar-refractivity contribution in [1.82, 2.24) is 14.9 Å². The summed E-state index contributed by atoms with van der Waals surface area (Å²) in [6.07, 6.45) is -14.6. The monoisotopic (exact) mass is 614 g/mol. The minimum absolute atomic E-state index is 0.135. The quantitative estimate of drug-likeness (QED) is 0.104. The number of carboxylic acid groups (broad SMARTS) is 1. The summed E-state index contributed by atoms with van der Waals surface area (Å²) in [6, 6.07) is -0.362. The van der Waals surface area contributed by atoms with E-state index in [2.05, 4.69) is 10.3 Å². The molecule has 11 N–H and O–H groups in total. The van der Waals surface area contributed by atoms with E-state index in [4.69, 9.17) is 24.3 Å². The fraction of sp³-hybridized carbons (Fsp3) is 0.700. The third-order valence-electron chi connectivity index (χ3n) is 6.31. The molecule has 0 saturated carbocycles. The number of phosphoric ester groups is 1. The Morgan fingerprint density at radius 3 is 2.54 bits per heavy atom. The molecule has 2 saturated heterocycles. The Bertz CT molecular complexity index is 1220. The summed E-state index contributed by atoms with van der Waals surface area (Å²) in [5.41, 5.74) is 4.46. The number of aromatic nitrogens is 2. The molecule has 21 heteroatoms. The van der Waals surface area contributed by atoms with Crippen LogP contribution in [0.15, 0.2) is 17.1 Å². The van der Waals surface area contributed by atoms with Crippen LogP contribution < -0.4 is 16.7 Å². The smallest absolute Gasteiger partial charge is 0.475 e. The number of nitrogen functional groups attached to an aromatic ring is 1. The lowest BCUT2D eigenvalue weighted by atomic mass is 9.88. The lowest BCUT2D eigenvalue weighted by molar-refractivity contribution is -0.289. The maximum Gasteiger partial charge on any atom is 0.475 e. The van der Waals surface area contributed by atoms with Gasteiger partial charge in [0.2, 0.25) is 5.91 Å². The van der Waals surface area contributed by atoms with Crippen molar-refractivity contribution in [1.29, 1.82) is 0 Å². The number of hydrogen-bond donors (Lipinski definition) is 10. The van der Waals surface area contributed by atoms with Gasteiger partial charge >= 0.3 is 19.5 Å². The highest BCUT2D eigenvalue weighted by molar-refractivity contribution is 7.47. The minimum Gasteiger partial charge on any atom is -0.477 e. The van der Waals surface area contributed by atoms with E-state index >= 15 is 0 Å². The van der Waals surface area contributed by atoms with Crippen molar-refractivity contribution in [3.05, 3.63) is 22.7 Å². The molecule has 2 aliphatic heterocycles. The number of aliphatic carboxylic acids is 1. The van der Waals surface area contributed by atoms with Gasteiger partial charge < -0.3 is 61.2 Å². The summed E-state index contributed by atoms with van der Waals surface area (Å²) >= 11 is 0. The molecule has 1 amide bonds. The van der Waals surface area contributed by atoms with Crippen molar-refractivity contribution in [2.24, 2.45) is 0 Å². The van der Waals surface area contributed by atoms with Crippen molar-refractivity contribution in [3.8, 4) is 0 Å². The summed E-state index contributed by atoms with van der Waals surface area (Å²) in [6.45, 7) is -1.05. The molecule has 0 spiro atoms. The molecule has 1 aromatic rings. The molecule has 11 atom stereocenters. The Labute approximate surface area is 230 Å². The van der Waals surface area contributed by atoms with E-state index in [1.165, 1.54) is 6.07 Å². The van der Waals surface area contributed by atoms with Gasteiger partial charge in [-0.15, -0.1) is 0 Å². The van der Waals surface area contributed by atoms with Crippen molar-refractivity contribution in [2.75, 3.05) is 18.9 Å². The van der Waals surface area contributed by atoms with E-state index in [1.54, 1.807) is 0 Å². The van der Waals surface area contributed by atoms with Crippen LogP contribution in [-0.4, -0.2) is 130 Å². The Balaban J connectivity index is 1.79. The van der Waals surface area contributed by atoms with Gasteiger partial charge in [0, 0.05) is 19.5 Å².